The topological polar surface area (TPSA) is 77.0 Å². The van der Waals surface area contributed by atoms with E-state index < -0.39 is 0 Å². The highest BCUT2D eigenvalue weighted by Gasteiger charge is 2.12. The summed E-state index contributed by atoms with van der Waals surface area (Å²) in [5.74, 6) is 0.459. The quantitative estimate of drug-likeness (QED) is 0.502. The molecular formula is C18H18N4OS. The van der Waals surface area contributed by atoms with Crippen LogP contribution in [0.4, 0.5) is 16.8 Å². The number of aromatic nitrogens is 2. The van der Waals surface area contributed by atoms with Crippen molar-refractivity contribution >= 4 is 49.5 Å². The number of thiazole rings is 1. The van der Waals surface area contributed by atoms with Gasteiger partial charge in [-0.15, -0.1) is 0 Å². The number of oxazole rings is 1. The maximum Gasteiger partial charge on any atom is 0.302 e. The van der Waals surface area contributed by atoms with E-state index >= 15 is 0 Å². The van der Waals surface area contributed by atoms with Gasteiger partial charge in [-0.3, -0.25) is 5.32 Å². The van der Waals surface area contributed by atoms with Crippen LogP contribution in [0.25, 0.3) is 21.3 Å². The van der Waals surface area contributed by atoms with Crippen LogP contribution in [0.3, 0.4) is 0 Å². The molecule has 3 N–H and O–H groups in total. The zero-order valence-electron chi connectivity index (χ0n) is 13.8. The Morgan fingerprint density at radius 3 is 2.79 bits per heavy atom. The number of anilines is 3. The summed E-state index contributed by atoms with van der Waals surface area (Å²) in [6.07, 6.45) is 0. The average molecular weight is 338 g/mol. The van der Waals surface area contributed by atoms with E-state index in [-0.39, 0.29) is 0 Å². The third-order valence-corrected chi connectivity index (χ3v) is 4.92. The van der Waals surface area contributed by atoms with E-state index in [2.05, 4.69) is 41.3 Å². The SMILES string of the molecule is Cc1cc(N)cc2sc(Nc3nc4cc(C(C)C)ccc4o3)nc12. The number of aryl methyl sites for hydroxylation is 1. The summed E-state index contributed by atoms with van der Waals surface area (Å²) in [5.41, 5.74) is 11.5. The zero-order chi connectivity index (χ0) is 16.8. The molecule has 0 radical (unpaired) electrons. The standard InChI is InChI=1S/C18H18N4OS/c1-9(2)11-4-5-14-13(7-11)20-17(23-14)22-18-21-16-10(3)6-12(19)8-15(16)24-18/h4-9H,19H2,1-3H3,(H,20,21,22). The minimum absolute atomic E-state index is 0.454. The van der Waals surface area contributed by atoms with Gasteiger partial charge in [0.25, 0.3) is 0 Å². The molecule has 4 rings (SSSR count). The van der Waals surface area contributed by atoms with E-state index in [0.29, 0.717) is 11.9 Å². The molecule has 0 fully saturated rings. The van der Waals surface area contributed by atoms with E-state index in [1.54, 1.807) is 0 Å². The lowest BCUT2D eigenvalue weighted by atomic mass is 10.0. The lowest BCUT2D eigenvalue weighted by Gasteiger charge is -2.02. The molecule has 2 heterocycles. The van der Waals surface area contributed by atoms with Crippen molar-refractivity contribution in [3.63, 3.8) is 0 Å². The maximum absolute atomic E-state index is 5.90. The Balaban J connectivity index is 1.70. The third-order valence-electron chi connectivity index (χ3n) is 4.00. The fraction of sp³-hybridized carbons (Fsp3) is 0.222. The second kappa shape index (κ2) is 5.49. The van der Waals surface area contributed by atoms with E-state index in [0.717, 1.165) is 37.7 Å². The molecule has 0 aliphatic rings. The molecule has 24 heavy (non-hydrogen) atoms. The van der Waals surface area contributed by atoms with Gasteiger partial charge < -0.3 is 10.2 Å². The molecule has 0 amide bonds. The first-order chi connectivity index (χ1) is 11.5. The molecule has 0 aliphatic carbocycles. The van der Waals surface area contributed by atoms with Crippen molar-refractivity contribution < 1.29 is 4.42 Å². The van der Waals surface area contributed by atoms with Crippen LogP contribution >= 0.6 is 11.3 Å². The van der Waals surface area contributed by atoms with E-state index in [4.69, 9.17) is 10.2 Å². The van der Waals surface area contributed by atoms with Crippen molar-refractivity contribution in [1.29, 1.82) is 0 Å². The van der Waals surface area contributed by atoms with Crippen LogP contribution in [0.1, 0.15) is 30.9 Å². The Hall–Kier alpha value is -2.60. The lowest BCUT2D eigenvalue weighted by Crippen LogP contribution is -1.89. The molecule has 0 saturated heterocycles. The number of nitrogens with zero attached hydrogens (tertiary/aromatic N) is 2. The number of nitrogens with two attached hydrogens (primary N) is 1. The van der Waals surface area contributed by atoms with Crippen LogP contribution in [-0.4, -0.2) is 9.97 Å². The number of fused-ring (bicyclic) bond motifs is 2. The van der Waals surface area contributed by atoms with Gasteiger partial charge in [0.1, 0.15) is 5.52 Å². The van der Waals surface area contributed by atoms with Crippen molar-refractivity contribution in [3.8, 4) is 0 Å². The van der Waals surface area contributed by atoms with Gasteiger partial charge in [0.15, 0.2) is 10.7 Å². The van der Waals surface area contributed by atoms with E-state index in [9.17, 15) is 0 Å². The van der Waals surface area contributed by atoms with Gasteiger partial charge in [0, 0.05) is 5.69 Å². The molecule has 5 nitrogen and oxygen atoms in total. The normalized spacial score (nSPS) is 11.7. The first kappa shape index (κ1) is 15.0. The fourth-order valence-electron chi connectivity index (χ4n) is 2.73. The van der Waals surface area contributed by atoms with Crippen LogP contribution in [0, 0.1) is 6.92 Å². The van der Waals surface area contributed by atoms with Crippen LogP contribution in [0.5, 0.6) is 0 Å². The highest BCUT2D eigenvalue weighted by molar-refractivity contribution is 7.22. The Bertz CT molecular complexity index is 1050. The van der Waals surface area contributed by atoms with E-state index in [1.807, 2.05) is 25.1 Å². The van der Waals surface area contributed by atoms with E-state index in [1.165, 1.54) is 16.9 Å². The van der Waals surface area contributed by atoms with Gasteiger partial charge in [0.2, 0.25) is 0 Å². The molecule has 122 valence electrons. The largest absolute Gasteiger partial charge is 0.423 e. The van der Waals surface area contributed by atoms with Crippen LogP contribution in [0.15, 0.2) is 34.7 Å². The Kier molecular flexibility index (Phi) is 3.42. The first-order valence-electron chi connectivity index (χ1n) is 7.84. The molecule has 0 aliphatic heterocycles. The van der Waals surface area contributed by atoms with Crippen LogP contribution in [0.2, 0.25) is 0 Å². The predicted molar refractivity (Wildman–Crippen MR) is 100 cm³/mol. The molecule has 4 aromatic rings. The molecule has 2 aromatic heterocycles. The van der Waals surface area contributed by atoms with Crippen molar-refractivity contribution in [1.82, 2.24) is 9.97 Å². The van der Waals surface area contributed by atoms with Gasteiger partial charge in [-0.2, -0.15) is 4.98 Å². The molecule has 6 heteroatoms. The smallest absolute Gasteiger partial charge is 0.302 e. The zero-order valence-corrected chi connectivity index (χ0v) is 14.6. The maximum atomic E-state index is 5.90. The molecule has 0 saturated carbocycles. The van der Waals surface area contributed by atoms with Gasteiger partial charge in [-0.25, -0.2) is 4.98 Å². The molecule has 0 bridgehead atoms. The molecule has 2 aromatic carbocycles. The number of nitrogens with one attached hydrogen (secondary N) is 1. The van der Waals surface area contributed by atoms with Gasteiger partial charge >= 0.3 is 6.01 Å². The van der Waals surface area contributed by atoms with Crippen molar-refractivity contribution in [2.75, 3.05) is 11.1 Å². The minimum Gasteiger partial charge on any atom is -0.423 e. The number of hydrogen-bond donors (Lipinski definition) is 2. The van der Waals surface area contributed by atoms with Crippen LogP contribution < -0.4 is 11.1 Å². The van der Waals surface area contributed by atoms with Crippen molar-refractivity contribution in [3.05, 3.63) is 41.5 Å². The summed E-state index contributed by atoms with van der Waals surface area (Å²) in [7, 11) is 0. The van der Waals surface area contributed by atoms with Gasteiger partial charge in [0.05, 0.1) is 10.2 Å². The molecular weight excluding hydrogens is 320 g/mol. The Labute approximate surface area is 143 Å². The number of rotatable bonds is 3. The summed E-state index contributed by atoms with van der Waals surface area (Å²) < 4.78 is 6.83. The highest BCUT2D eigenvalue weighted by atomic mass is 32.1. The third kappa shape index (κ3) is 2.59. The summed E-state index contributed by atoms with van der Waals surface area (Å²) in [6.45, 7) is 6.33. The van der Waals surface area contributed by atoms with Crippen molar-refractivity contribution in [2.24, 2.45) is 0 Å². The lowest BCUT2D eigenvalue weighted by molar-refractivity contribution is 0.623. The Morgan fingerprint density at radius 1 is 1.17 bits per heavy atom. The van der Waals surface area contributed by atoms with Crippen molar-refractivity contribution in [2.45, 2.75) is 26.7 Å². The first-order valence-corrected chi connectivity index (χ1v) is 8.65. The van der Waals surface area contributed by atoms with Gasteiger partial charge in [-0.05, 0) is 48.2 Å². The summed E-state index contributed by atoms with van der Waals surface area (Å²) in [5, 5.41) is 3.91. The van der Waals surface area contributed by atoms with Gasteiger partial charge in [-0.1, -0.05) is 31.3 Å². The predicted octanol–water partition coefficient (Wildman–Crippen LogP) is 5.20. The summed E-state index contributed by atoms with van der Waals surface area (Å²) >= 11 is 1.54. The number of hydrogen-bond acceptors (Lipinski definition) is 6. The molecule has 0 unspecified atom stereocenters. The molecule has 0 spiro atoms. The monoisotopic (exact) mass is 338 g/mol. The fourth-order valence-corrected chi connectivity index (χ4v) is 3.71. The minimum atomic E-state index is 0.454. The number of nitrogen functional groups attached to an aromatic ring is 1. The summed E-state index contributed by atoms with van der Waals surface area (Å²) in [6, 6.07) is 10.4. The highest BCUT2D eigenvalue weighted by Crippen LogP contribution is 2.32. The molecule has 0 atom stereocenters. The Morgan fingerprint density at radius 2 is 2.00 bits per heavy atom. The van der Waals surface area contributed by atoms with Crippen LogP contribution in [-0.2, 0) is 0 Å². The average Bonchev–Trinajstić information content (AvgIpc) is 3.09. The summed E-state index contributed by atoms with van der Waals surface area (Å²) in [4.78, 5) is 9.14. The second-order valence-corrected chi connectivity index (χ2v) is 7.26. The number of benzene rings is 2. The second-order valence-electron chi connectivity index (χ2n) is 6.23.